The molecule has 0 atom stereocenters. The van der Waals surface area contributed by atoms with Gasteiger partial charge in [-0.1, -0.05) is 41.4 Å². The predicted molar refractivity (Wildman–Crippen MR) is 94.6 cm³/mol. The van der Waals surface area contributed by atoms with Gasteiger partial charge in [-0.05, 0) is 18.2 Å². The molecule has 0 saturated heterocycles. The minimum Gasteiger partial charge on any atom is -0.258 e. The first-order valence-electron chi connectivity index (χ1n) is 8.32. The Hall–Kier alpha value is -3.47. The van der Waals surface area contributed by atoms with E-state index in [1.807, 2.05) is 18.5 Å². The molecule has 6 rings (SSSR count). The van der Waals surface area contributed by atoms with Gasteiger partial charge < -0.3 is 0 Å². The van der Waals surface area contributed by atoms with Gasteiger partial charge in [0.15, 0.2) is 0 Å². The Balaban J connectivity index is 1.84. The highest BCUT2D eigenvalue weighted by Crippen LogP contribution is 2.33. The lowest BCUT2D eigenvalue weighted by molar-refractivity contribution is -0.647. The molecule has 0 unspecified atom stereocenters. The molecule has 5 nitrogen and oxygen atoms in total. The fraction of sp³-hybridized carbons (Fsp3) is 0.0500. The van der Waals surface area contributed by atoms with E-state index in [2.05, 4.69) is 67.0 Å². The van der Waals surface area contributed by atoms with Gasteiger partial charge in [0.2, 0.25) is 11.5 Å². The van der Waals surface area contributed by atoms with Gasteiger partial charge in [0.25, 0.3) is 5.65 Å². The molecule has 0 radical (unpaired) electrons. The molecule has 0 N–H and O–H groups in total. The molecule has 5 aromatic rings. The van der Waals surface area contributed by atoms with E-state index in [1.54, 1.807) is 6.20 Å². The zero-order chi connectivity index (χ0) is 16.4. The van der Waals surface area contributed by atoms with Crippen LogP contribution in [0.3, 0.4) is 0 Å². The number of hydrogen-bond donors (Lipinski definition) is 0. The largest absolute Gasteiger partial charge is 0.324 e. The Morgan fingerprint density at radius 1 is 0.960 bits per heavy atom. The van der Waals surface area contributed by atoms with Crippen LogP contribution in [0.15, 0.2) is 73.2 Å². The normalized spacial score (nSPS) is 12.6. The van der Waals surface area contributed by atoms with Crippen molar-refractivity contribution in [2.75, 3.05) is 0 Å². The molecule has 4 heterocycles. The lowest BCUT2D eigenvalue weighted by atomic mass is 10.1. The van der Waals surface area contributed by atoms with Gasteiger partial charge in [0.1, 0.15) is 5.69 Å². The number of hydrogen-bond acceptors (Lipinski definition) is 2. The van der Waals surface area contributed by atoms with Gasteiger partial charge in [-0.25, -0.2) is 9.13 Å². The summed E-state index contributed by atoms with van der Waals surface area (Å²) in [6.45, 7) is 0.846. The van der Waals surface area contributed by atoms with Gasteiger partial charge in [-0.15, -0.1) is 0 Å². The maximum absolute atomic E-state index is 4.86. The van der Waals surface area contributed by atoms with Gasteiger partial charge in [-0.2, -0.15) is 0 Å². The topological polar surface area (TPSA) is 39.0 Å². The summed E-state index contributed by atoms with van der Waals surface area (Å²) < 4.78 is 6.73. The molecule has 0 saturated carbocycles. The van der Waals surface area contributed by atoms with E-state index in [-0.39, 0.29) is 0 Å². The van der Waals surface area contributed by atoms with Crippen molar-refractivity contribution in [2.45, 2.75) is 6.54 Å². The number of para-hydroxylation sites is 1. The highest BCUT2D eigenvalue weighted by molar-refractivity contribution is 5.79. The Kier molecular flexibility index (Phi) is 2.34. The summed E-state index contributed by atoms with van der Waals surface area (Å²) in [5.41, 5.74) is 6.67. The minimum atomic E-state index is 0.846. The van der Waals surface area contributed by atoms with Crippen molar-refractivity contribution in [3.8, 4) is 17.1 Å². The molecule has 1 aliphatic heterocycles. The van der Waals surface area contributed by atoms with Crippen LogP contribution < -0.4 is 4.57 Å². The lowest BCUT2D eigenvalue weighted by Gasteiger charge is -2.04. The summed E-state index contributed by atoms with van der Waals surface area (Å²) in [6, 6.07) is 19.1. The molecule has 118 valence electrons. The molecule has 0 aliphatic carbocycles. The molecular weight excluding hydrogens is 310 g/mol. The molecule has 0 bridgehead atoms. The first-order chi connectivity index (χ1) is 12.4. The maximum Gasteiger partial charge on any atom is 0.324 e. The second kappa shape index (κ2) is 4.54. The fourth-order valence-corrected chi connectivity index (χ4v) is 3.88. The van der Waals surface area contributed by atoms with Gasteiger partial charge in [0, 0.05) is 18.0 Å². The number of imidazole rings is 2. The molecule has 1 aliphatic rings. The van der Waals surface area contributed by atoms with Crippen molar-refractivity contribution < 1.29 is 4.57 Å². The van der Waals surface area contributed by atoms with E-state index in [0.29, 0.717) is 0 Å². The molecule has 0 spiro atoms. The van der Waals surface area contributed by atoms with Crippen LogP contribution in [0.4, 0.5) is 0 Å². The van der Waals surface area contributed by atoms with E-state index in [1.165, 1.54) is 17.0 Å². The SMILES string of the molecule is c1ccc(-n2c3[n+](c4nc5cnccn5c42)Cc2ccccc2-3)cc1. The van der Waals surface area contributed by atoms with Crippen LogP contribution >= 0.6 is 0 Å². The number of benzene rings is 2. The molecule has 2 aromatic carbocycles. The van der Waals surface area contributed by atoms with E-state index >= 15 is 0 Å². The number of nitrogens with zero attached hydrogens (tertiary/aromatic N) is 5. The second-order valence-corrected chi connectivity index (χ2v) is 6.30. The van der Waals surface area contributed by atoms with Crippen LogP contribution in [0.5, 0.6) is 0 Å². The van der Waals surface area contributed by atoms with Gasteiger partial charge >= 0.3 is 5.65 Å². The molecule has 5 heteroatoms. The number of fused-ring (bicyclic) bond motifs is 7. The highest BCUT2D eigenvalue weighted by Gasteiger charge is 2.36. The zero-order valence-corrected chi connectivity index (χ0v) is 13.4. The van der Waals surface area contributed by atoms with Gasteiger partial charge in [0.05, 0.1) is 18.3 Å². The molecule has 0 fully saturated rings. The third kappa shape index (κ3) is 1.59. The summed E-state index contributed by atoms with van der Waals surface area (Å²) in [7, 11) is 0. The second-order valence-electron chi connectivity index (χ2n) is 6.30. The van der Waals surface area contributed by atoms with Crippen LogP contribution in [-0.2, 0) is 6.54 Å². The average molecular weight is 324 g/mol. The summed E-state index contributed by atoms with van der Waals surface area (Å²) in [5.74, 6) is 1.19. The summed E-state index contributed by atoms with van der Waals surface area (Å²) in [4.78, 5) is 9.08. The van der Waals surface area contributed by atoms with E-state index < -0.39 is 0 Å². The fourth-order valence-electron chi connectivity index (χ4n) is 3.88. The summed E-state index contributed by atoms with van der Waals surface area (Å²) in [6.07, 6.45) is 5.59. The van der Waals surface area contributed by atoms with Crippen LogP contribution in [0, 0.1) is 0 Å². The van der Waals surface area contributed by atoms with E-state index in [4.69, 9.17) is 4.98 Å². The number of aromatic nitrogens is 5. The van der Waals surface area contributed by atoms with Crippen molar-refractivity contribution in [3.63, 3.8) is 0 Å². The standard InChI is InChI=1S/C20H14N5/c1-2-7-15(8-3-1)25-19-16-9-5-4-6-14(16)13-24(19)18-20(25)23-11-10-21-12-17(23)22-18/h1-12H,13H2/q+1. The first-order valence-corrected chi connectivity index (χ1v) is 8.32. The Labute approximate surface area is 143 Å². The Morgan fingerprint density at radius 2 is 1.80 bits per heavy atom. The van der Waals surface area contributed by atoms with Crippen LogP contribution in [0.25, 0.3) is 34.0 Å². The quantitative estimate of drug-likeness (QED) is 0.436. The van der Waals surface area contributed by atoms with Crippen LogP contribution in [0.2, 0.25) is 0 Å². The third-order valence-electron chi connectivity index (χ3n) is 4.92. The monoisotopic (exact) mass is 324 g/mol. The zero-order valence-electron chi connectivity index (χ0n) is 13.4. The van der Waals surface area contributed by atoms with Crippen molar-refractivity contribution in [3.05, 3.63) is 78.8 Å². The van der Waals surface area contributed by atoms with E-state index in [9.17, 15) is 0 Å². The molecular formula is C20H14N5+. The summed E-state index contributed by atoms with van der Waals surface area (Å²) in [5, 5.41) is 0. The first kappa shape index (κ1) is 12.9. The van der Waals surface area contributed by atoms with Crippen molar-refractivity contribution in [1.82, 2.24) is 18.9 Å². The van der Waals surface area contributed by atoms with Crippen molar-refractivity contribution in [1.29, 1.82) is 0 Å². The molecule has 25 heavy (non-hydrogen) atoms. The third-order valence-corrected chi connectivity index (χ3v) is 4.92. The Bertz CT molecular complexity index is 1260. The molecule has 3 aromatic heterocycles. The molecule has 0 amide bonds. The van der Waals surface area contributed by atoms with Gasteiger partial charge in [-0.3, -0.25) is 9.38 Å². The minimum absolute atomic E-state index is 0.846. The number of rotatable bonds is 1. The van der Waals surface area contributed by atoms with Crippen LogP contribution in [-0.4, -0.2) is 18.9 Å². The van der Waals surface area contributed by atoms with Crippen molar-refractivity contribution >= 4 is 16.9 Å². The van der Waals surface area contributed by atoms with Crippen molar-refractivity contribution in [2.24, 2.45) is 0 Å². The van der Waals surface area contributed by atoms with E-state index in [0.717, 1.165) is 29.2 Å². The highest BCUT2D eigenvalue weighted by atomic mass is 15.3. The Morgan fingerprint density at radius 3 is 2.72 bits per heavy atom. The predicted octanol–water partition coefficient (Wildman–Crippen LogP) is 2.99. The smallest absolute Gasteiger partial charge is 0.258 e. The maximum atomic E-state index is 4.86. The van der Waals surface area contributed by atoms with Crippen LogP contribution in [0.1, 0.15) is 5.56 Å². The lowest BCUT2D eigenvalue weighted by Crippen LogP contribution is -2.31. The summed E-state index contributed by atoms with van der Waals surface area (Å²) >= 11 is 0. The average Bonchev–Trinajstić information content (AvgIpc) is 3.30.